The van der Waals surface area contributed by atoms with Crippen LogP contribution in [0.3, 0.4) is 0 Å². The Morgan fingerprint density at radius 2 is 1.93 bits per heavy atom. The molecule has 0 unspecified atom stereocenters. The summed E-state index contributed by atoms with van der Waals surface area (Å²) in [7, 11) is 0. The van der Waals surface area contributed by atoms with Gasteiger partial charge in [-0.2, -0.15) is 4.98 Å². The fraction of sp³-hybridized carbons (Fsp3) is 0.200. The Kier molecular flexibility index (Phi) is 3.99. The maximum absolute atomic E-state index is 6.13. The molecule has 3 aromatic heterocycles. The van der Waals surface area contributed by atoms with Crippen molar-refractivity contribution in [2.45, 2.75) is 26.2 Å². The van der Waals surface area contributed by atoms with Crippen molar-refractivity contribution in [3.63, 3.8) is 0 Å². The van der Waals surface area contributed by atoms with Gasteiger partial charge in [0.15, 0.2) is 0 Å². The van der Waals surface area contributed by atoms with E-state index in [2.05, 4.69) is 46.2 Å². The summed E-state index contributed by atoms with van der Waals surface area (Å²) in [6.07, 6.45) is 3.42. The zero-order chi connectivity index (χ0) is 19.0. The standard InChI is InChI=1S/C20H20N6O/c1-20(2,3)17-10-16(26-27-17)14-11-23-19(25-18(14)21)24-13-6-7-15-12(9-13)5-4-8-22-15/h4-11H,1-3H3,(H3,21,23,24,25). The van der Waals surface area contributed by atoms with Crippen LogP contribution in [0.2, 0.25) is 0 Å². The average Bonchev–Trinajstić information content (AvgIpc) is 3.12. The molecule has 27 heavy (non-hydrogen) atoms. The zero-order valence-electron chi connectivity index (χ0n) is 15.4. The van der Waals surface area contributed by atoms with E-state index in [1.54, 1.807) is 12.4 Å². The van der Waals surface area contributed by atoms with Crippen molar-refractivity contribution in [3.8, 4) is 11.3 Å². The van der Waals surface area contributed by atoms with Crippen molar-refractivity contribution in [2.75, 3.05) is 11.1 Å². The van der Waals surface area contributed by atoms with Gasteiger partial charge in [0, 0.05) is 34.9 Å². The van der Waals surface area contributed by atoms with E-state index in [1.165, 1.54) is 0 Å². The molecule has 4 rings (SSSR count). The minimum absolute atomic E-state index is 0.132. The lowest BCUT2D eigenvalue weighted by molar-refractivity contribution is 0.330. The van der Waals surface area contributed by atoms with Crippen LogP contribution in [0.15, 0.2) is 53.3 Å². The van der Waals surface area contributed by atoms with Gasteiger partial charge < -0.3 is 15.6 Å². The van der Waals surface area contributed by atoms with Crippen molar-refractivity contribution < 1.29 is 4.52 Å². The predicted molar refractivity (Wildman–Crippen MR) is 106 cm³/mol. The fourth-order valence-corrected chi connectivity index (χ4v) is 2.69. The molecule has 3 heterocycles. The molecule has 136 valence electrons. The highest BCUT2D eigenvalue weighted by Crippen LogP contribution is 2.30. The number of rotatable bonds is 3. The van der Waals surface area contributed by atoms with Crippen molar-refractivity contribution >= 4 is 28.4 Å². The number of nitrogens with two attached hydrogens (primary N) is 1. The first-order valence-corrected chi connectivity index (χ1v) is 8.62. The topological polar surface area (TPSA) is 103 Å². The second kappa shape index (κ2) is 6.35. The van der Waals surface area contributed by atoms with Crippen LogP contribution in [-0.4, -0.2) is 20.1 Å². The van der Waals surface area contributed by atoms with Crippen molar-refractivity contribution in [1.29, 1.82) is 0 Å². The molecule has 7 nitrogen and oxygen atoms in total. The van der Waals surface area contributed by atoms with Crippen molar-refractivity contribution in [3.05, 3.63) is 54.6 Å². The van der Waals surface area contributed by atoms with Gasteiger partial charge in [-0.15, -0.1) is 0 Å². The number of fused-ring (bicyclic) bond motifs is 1. The minimum atomic E-state index is -0.132. The molecule has 0 saturated heterocycles. The average molecular weight is 360 g/mol. The molecule has 0 spiro atoms. The van der Waals surface area contributed by atoms with Crippen molar-refractivity contribution in [1.82, 2.24) is 20.1 Å². The molecule has 4 aromatic rings. The largest absolute Gasteiger partial charge is 0.383 e. The molecule has 0 amide bonds. The number of nitrogens with zero attached hydrogens (tertiary/aromatic N) is 4. The molecule has 0 aliphatic carbocycles. The molecular weight excluding hydrogens is 340 g/mol. The highest BCUT2D eigenvalue weighted by atomic mass is 16.5. The molecule has 0 aliphatic rings. The number of nitrogens with one attached hydrogen (secondary N) is 1. The summed E-state index contributed by atoms with van der Waals surface area (Å²) in [5, 5.41) is 8.30. The first-order valence-electron chi connectivity index (χ1n) is 8.62. The Hall–Kier alpha value is -3.48. The maximum Gasteiger partial charge on any atom is 0.229 e. The van der Waals surface area contributed by atoms with Gasteiger partial charge in [0.05, 0.1) is 11.1 Å². The number of benzene rings is 1. The summed E-state index contributed by atoms with van der Waals surface area (Å²) >= 11 is 0. The number of pyridine rings is 1. The summed E-state index contributed by atoms with van der Waals surface area (Å²) in [5.41, 5.74) is 9.06. The molecule has 7 heteroatoms. The third-order valence-corrected chi connectivity index (χ3v) is 4.20. The van der Waals surface area contributed by atoms with Crippen LogP contribution in [0, 0.1) is 0 Å². The Balaban J connectivity index is 1.60. The van der Waals surface area contributed by atoms with Crippen LogP contribution < -0.4 is 11.1 Å². The summed E-state index contributed by atoms with van der Waals surface area (Å²) < 4.78 is 5.42. The van der Waals surface area contributed by atoms with Gasteiger partial charge in [-0.25, -0.2) is 4.98 Å². The number of hydrogen-bond donors (Lipinski definition) is 2. The summed E-state index contributed by atoms with van der Waals surface area (Å²) in [4.78, 5) is 13.0. The molecule has 0 atom stereocenters. The Bertz CT molecular complexity index is 1110. The van der Waals surface area contributed by atoms with Gasteiger partial charge in [0.1, 0.15) is 17.3 Å². The van der Waals surface area contributed by atoms with E-state index in [-0.39, 0.29) is 5.41 Å². The van der Waals surface area contributed by atoms with E-state index >= 15 is 0 Å². The molecule has 1 aromatic carbocycles. The Morgan fingerprint density at radius 3 is 2.67 bits per heavy atom. The molecule has 0 bridgehead atoms. The number of anilines is 3. The van der Waals surface area contributed by atoms with E-state index in [0.29, 0.717) is 23.0 Å². The van der Waals surface area contributed by atoms with Gasteiger partial charge >= 0.3 is 0 Å². The van der Waals surface area contributed by atoms with Crippen LogP contribution >= 0.6 is 0 Å². The van der Waals surface area contributed by atoms with E-state index < -0.39 is 0 Å². The predicted octanol–water partition coefficient (Wildman–Crippen LogP) is 4.30. The Morgan fingerprint density at radius 1 is 1.07 bits per heavy atom. The van der Waals surface area contributed by atoms with E-state index in [0.717, 1.165) is 22.4 Å². The lowest BCUT2D eigenvalue weighted by Crippen LogP contribution is -2.09. The second-order valence-corrected chi connectivity index (χ2v) is 7.35. The monoisotopic (exact) mass is 360 g/mol. The van der Waals surface area contributed by atoms with Gasteiger partial charge in [-0.05, 0) is 24.3 Å². The maximum atomic E-state index is 6.13. The summed E-state index contributed by atoms with van der Waals surface area (Å²) in [6.45, 7) is 6.18. The second-order valence-electron chi connectivity index (χ2n) is 7.35. The third kappa shape index (κ3) is 3.44. The lowest BCUT2D eigenvalue weighted by atomic mass is 9.93. The fourth-order valence-electron chi connectivity index (χ4n) is 2.69. The number of nitrogen functional groups attached to an aromatic ring is 1. The molecular formula is C20H20N6O. The van der Waals surface area contributed by atoms with Crippen molar-refractivity contribution in [2.24, 2.45) is 0 Å². The van der Waals surface area contributed by atoms with Crippen LogP contribution in [0.25, 0.3) is 22.2 Å². The van der Waals surface area contributed by atoms with Crippen LogP contribution in [0.4, 0.5) is 17.5 Å². The normalized spacial score (nSPS) is 11.7. The van der Waals surface area contributed by atoms with Crippen LogP contribution in [0.5, 0.6) is 0 Å². The van der Waals surface area contributed by atoms with E-state index in [9.17, 15) is 0 Å². The van der Waals surface area contributed by atoms with Crippen LogP contribution in [0.1, 0.15) is 26.5 Å². The number of hydrogen-bond acceptors (Lipinski definition) is 7. The molecule has 0 saturated carbocycles. The summed E-state index contributed by atoms with van der Waals surface area (Å²) in [5.74, 6) is 1.53. The van der Waals surface area contributed by atoms with Gasteiger partial charge in [-0.1, -0.05) is 32.0 Å². The molecule has 3 N–H and O–H groups in total. The molecule has 0 fully saturated rings. The molecule has 0 aliphatic heterocycles. The first kappa shape index (κ1) is 17.0. The van der Waals surface area contributed by atoms with Gasteiger partial charge in [-0.3, -0.25) is 4.98 Å². The van der Waals surface area contributed by atoms with E-state index in [4.69, 9.17) is 10.3 Å². The van der Waals surface area contributed by atoms with Gasteiger partial charge in [0.25, 0.3) is 0 Å². The summed E-state index contributed by atoms with van der Waals surface area (Å²) in [6, 6.07) is 11.6. The van der Waals surface area contributed by atoms with Crippen LogP contribution in [-0.2, 0) is 5.41 Å². The Labute approximate surface area is 156 Å². The SMILES string of the molecule is CC(C)(C)c1cc(-c2cnc(Nc3ccc4ncccc4c3)nc2N)no1. The van der Waals surface area contributed by atoms with Gasteiger partial charge in [0.2, 0.25) is 5.95 Å². The lowest BCUT2D eigenvalue weighted by Gasteiger charge is -2.12. The highest BCUT2D eigenvalue weighted by Gasteiger charge is 2.21. The van der Waals surface area contributed by atoms with E-state index in [1.807, 2.05) is 36.4 Å². The zero-order valence-corrected chi connectivity index (χ0v) is 15.4. The first-order chi connectivity index (χ1) is 12.9. The highest BCUT2D eigenvalue weighted by molar-refractivity contribution is 5.83. The molecule has 0 radical (unpaired) electrons. The third-order valence-electron chi connectivity index (χ3n) is 4.20. The minimum Gasteiger partial charge on any atom is -0.383 e. The number of aromatic nitrogens is 4. The smallest absolute Gasteiger partial charge is 0.229 e. The quantitative estimate of drug-likeness (QED) is 0.561.